The predicted octanol–water partition coefficient (Wildman–Crippen LogP) is 5.97. The lowest BCUT2D eigenvalue weighted by molar-refractivity contribution is 0.0602. The Morgan fingerprint density at radius 2 is 1.86 bits per heavy atom. The van der Waals surface area contributed by atoms with Crippen molar-refractivity contribution in [1.82, 2.24) is 4.98 Å². The Balaban J connectivity index is 1.87. The van der Waals surface area contributed by atoms with E-state index in [1.807, 2.05) is 24.4 Å². The summed E-state index contributed by atoms with van der Waals surface area (Å²) in [5.41, 5.74) is 3.76. The molecule has 1 aliphatic heterocycles. The number of pyridine rings is 1. The summed E-state index contributed by atoms with van der Waals surface area (Å²) in [7, 11) is 1.35. The molecule has 150 valence electrons. The molecule has 2 heterocycles. The lowest BCUT2D eigenvalue weighted by Gasteiger charge is -2.26. The number of ether oxygens (including phenoxy) is 2. The standard InChI is InChI=1S/C22H20Cl2N2O3/c1-28-22(27)17-11-15(24)3-5-20(17)26-21-16-10-14(23)2-4-19(16)25-12-18(21)13-6-8-29-9-7-13/h2-5,10-13H,6-9H2,1H3,(H,25,26). The highest BCUT2D eigenvalue weighted by Gasteiger charge is 2.23. The van der Waals surface area contributed by atoms with Gasteiger partial charge in [-0.1, -0.05) is 23.2 Å². The van der Waals surface area contributed by atoms with Gasteiger partial charge in [0, 0.05) is 34.8 Å². The van der Waals surface area contributed by atoms with Gasteiger partial charge in [0.25, 0.3) is 0 Å². The van der Waals surface area contributed by atoms with Gasteiger partial charge in [-0.3, -0.25) is 4.98 Å². The Morgan fingerprint density at radius 1 is 1.14 bits per heavy atom. The molecule has 1 N–H and O–H groups in total. The molecule has 1 saturated heterocycles. The predicted molar refractivity (Wildman–Crippen MR) is 116 cm³/mol. The highest BCUT2D eigenvalue weighted by atomic mass is 35.5. The minimum atomic E-state index is -0.459. The van der Waals surface area contributed by atoms with Crippen molar-refractivity contribution in [2.45, 2.75) is 18.8 Å². The maximum absolute atomic E-state index is 12.3. The van der Waals surface area contributed by atoms with Crippen LogP contribution in [0.5, 0.6) is 0 Å². The molecule has 3 aromatic rings. The average Bonchev–Trinajstić information content (AvgIpc) is 2.75. The first kappa shape index (κ1) is 20.0. The molecule has 0 unspecified atom stereocenters. The number of benzene rings is 2. The van der Waals surface area contributed by atoms with Gasteiger partial charge in [0.2, 0.25) is 0 Å². The number of aromatic nitrogens is 1. The van der Waals surface area contributed by atoms with E-state index in [1.165, 1.54) is 7.11 Å². The van der Waals surface area contributed by atoms with E-state index < -0.39 is 5.97 Å². The van der Waals surface area contributed by atoms with Crippen LogP contribution in [0.3, 0.4) is 0 Å². The molecule has 4 rings (SSSR count). The van der Waals surface area contributed by atoms with E-state index in [4.69, 9.17) is 32.7 Å². The third kappa shape index (κ3) is 4.17. The van der Waals surface area contributed by atoms with Gasteiger partial charge >= 0.3 is 5.97 Å². The second kappa shape index (κ2) is 8.57. The summed E-state index contributed by atoms with van der Waals surface area (Å²) in [5, 5.41) is 5.43. The zero-order chi connectivity index (χ0) is 20.4. The second-order valence-corrected chi connectivity index (χ2v) is 7.82. The quantitative estimate of drug-likeness (QED) is 0.516. The molecule has 0 bridgehead atoms. The first-order valence-corrected chi connectivity index (χ1v) is 10.1. The number of halogens is 2. The van der Waals surface area contributed by atoms with Crippen molar-refractivity contribution < 1.29 is 14.3 Å². The van der Waals surface area contributed by atoms with Gasteiger partial charge in [-0.15, -0.1) is 0 Å². The van der Waals surface area contributed by atoms with Crippen LogP contribution in [0.2, 0.25) is 10.0 Å². The highest BCUT2D eigenvalue weighted by molar-refractivity contribution is 6.31. The Labute approximate surface area is 178 Å². The molecule has 1 fully saturated rings. The summed E-state index contributed by atoms with van der Waals surface area (Å²) < 4.78 is 10.5. The number of esters is 1. The average molecular weight is 431 g/mol. The van der Waals surface area contributed by atoms with Gasteiger partial charge < -0.3 is 14.8 Å². The first-order chi connectivity index (χ1) is 14.1. The van der Waals surface area contributed by atoms with Gasteiger partial charge in [0.05, 0.1) is 29.6 Å². The fraction of sp³-hybridized carbons (Fsp3) is 0.273. The normalized spacial score (nSPS) is 14.7. The fourth-order valence-electron chi connectivity index (χ4n) is 3.68. The number of nitrogens with one attached hydrogen (secondary N) is 1. The molecule has 0 radical (unpaired) electrons. The highest BCUT2D eigenvalue weighted by Crippen LogP contribution is 2.39. The van der Waals surface area contributed by atoms with Gasteiger partial charge in [-0.2, -0.15) is 0 Å². The van der Waals surface area contributed by atoms with Crippen LogP contribution in [0.1, 0.15) is 34.7 Å². The Kier molecular flexibility index (Phi) is 5.90. The Morgan fingerprint density at radius 3 is 2.62 bits per heavy atom. The Bertz CT molecular complexity index is 1070. The molecule has 0 saturated carbocycles. The van der Waals surface area contributed by atoms with Crippen LogP contribution >= 0.6 is 23.2 Å². The van der Waals surface area contributed by atoms with E-state index in [2.05, 4.69) is 10.3 Å². The summed E-state index contributed by atoms with van der Waals surface area (Å²) in [6.07, 6.45) is 3.72. The van der Waals surface area contributed by atoms with Crippen LogP contribution in [-0.2, 0) is 9.47 Å². The van der Waals surface area contributed by atoms with Crippen LogP contribution < -0.4 is 5.32 Å². The molecule has 0 atom stereocenters. The topological polar surface area (TPSA) is 60.5 Å². The summed E-state index contributed by atoms with van der Waals surface area (Å²) >= 11 is 12.4. The molecule has 0 spiro atoms. The summed E-state index contributed by atoms with van der Waals surface area (Å²) in [6, 6.07) is 10.7. The van der Waals surface area contributed by atoms with Gasteiger partial charge in [0.15, 0.2) is 0 Å². The van der Waals surface area contributed by atoms with Crippen molar-refractivity contribution in [3.63, 3.8) is 0 Å². The number of hydrogen-bond acceptors (Lipinski definition) is 5. The van der Waals surface area contributed by atoms with E-state index >= 15 is 0 Å². The van der Waals surface area contributed by atoms with Crippen LogP contribution in [-0.4, -0.2) is 31.3 Å². The van der Waals surface area contributed by atoms with E-state index in [0.717, 1.165) is 35.0 Å². The van der Waals surface area contributed by atoms with Gasteiger partial charge in [-0.05, 0) is 60.7 Å². The largest absolute Gasteiger partial charge is 0.465 e. The van der Waals surface area contributed by atoms with Crippen molar-refractivity contribution in [2.75, 3.05) is 25.6 Å². The van der Waals surface area contributed by atoms with Crippen molar-refractivity contribution in [3.8, 4) is 0 Å². The van der Waals surface area contributed by atoms with E-state index in [9.17, 15) is 4.79 Å². The summed E-state index contributed by atoms with van der Waals surface area (Å²) in [5.74, 6) is -0.157. The SMILES string of the molecule is COC(=O)c1cc(Cl)ccc1Nc1c(C2CCOCC2)cnc2ccc(Cl)cc12. The lowest BCUT2D eigenvalue weighted by Crippen LogP contribution is -2.16. The van der Waals surface area contributed by atoms with Crippen LogP contribution in [0.25, 0.3) is 10.9 Å². The molecule has 0 amide bonds. The number of fused-ring (bicyclic) bond motifs is 1. The second-order valence-electron chi connectivity index (χ2n) is 6.94. The van der Waals surface area contributed by atoms with Crippen molar-refractivity contribution in [3.05, 3.63) is 63.8 Å². The number of anilines is 2. The van der Waals surface area contributed by atoms with Crippen LogP contribution in [0.4, 0.5) is 11.4 Å². The molecule has 0 aliphatic carbocycles. The molecular formula is C22H20Cl2N2O3. The third-order valence-corrected chi connectivity index (χ3v) is 5.64. The zero-order valence-corrected chi connectivity index (χ0v) is 17.4. The maximum atomic E-state index is 12.3. The monoisotopic (exact) mass is 430 g/mol. The Hall–Kier alpha value is -2.34. The van der Waals surface area contributed by atoms with Crippen molar-refractivity contribution in [2.24, 2.45) is 0 Å². The lowest BCUT2D eigenvalue weighted by atomic mass is 9.90. The third-order valence-electron chi connectivity index (χ3n) is 5.17. The number of rotatable bonds is 4. The first-order valence-electron chi connectivity index (χ1n) is 9.37. The van der Waals surface area contributed by atoms with Gasteiger partial charge in [0.1, 0.15) is 0 Å². The van der Waals surface area contributed by atoms with Crippen LogP contribution in [0, 0.1) is 0 Å². The van der Waals surface area contributed by atoms with E-state index in [1.54, 1.807) is 18.2 Å². The van der Waals surface area contributed by atoms with E-state index in [-0.39, 0.29) is 0 Å². The molecule has 1 aromatic heterocycles. The fourth-order valence-corrected chi connectivity index (χ4v) is 4.02. The number of hydrogen-bond donors (Lipinski definition) is 1. The number of methoxy groups -OCH3 is 1. The number of carbonyl (C=O) groups is 1. The minimum absolute atomic E-state index is 0.302. The van der Waals surface area contributed by atoms with Crippen molar-refractivity contribution >= 4 is 51.4 Å². The summed E-state index contributed by atoms with van der Waals surface area (Å²) in [6.45, 7) is 1.43. The molecule has 7 heteroatoms. The zero-order valence-electron chi connectivity index (χ0n) is 15.9. The number of nitrogens with zero attached hydrogens (tertiary/aromatic N) is 1. The number of carbonyl (C=O) groups excluding carboxylic acids is 1. The minimum Gasteiger partial charge on any atom is -0.465 e. The molecule has 5 nitrogen and oxygen atoms in total. The molecule has 29 heavy (non-hydrogen) atoms. The van der Waals surface area contributed by atoms with E-state index in [0.29, 0.717) is 40.4 Å². The van der Waals surface area contributed by atoms with Gasteiger partial charge in [-0.25, -0.2) is 4.79 Å². The molecular weight excluding hydrogens is 411 g/mol. The summed E-state index contributed by atoms with van der Waals surface area (Å²) in [4.78, 5) is 16.9. The smallest absolute Gasteiger partial charge is 0.340 e. The molecule has 1 aliphatic rings. The van der Waals surface area contributed by atoms with Crippen molar-refractivity contribution in [1.29, 1.82) is 0 Å². The molecule has 2 aromatic carbocycles. The van der Waals surface area contributed by atoms with Crippen LogP contribution in [0.15, 0.2) is 42.6 Å². The maximum Gasteiger partial charge on any atom is 0.340 e.